The number of esters is 2. The van der Waals surface area contributed by atoms with E-state index in [9.17, 15) is 58.2 Å². The maximum atomic E-state index is 13.0. The molecule has 0 aliphatic rings. The van der Waals surface area contributed by atoms with Gasteiger partial charge in [0.25, 0.3) is 22.9 Å². The van der Waals surface area contributed by atoms with Gasteiger partial charge in [-0.15, -0.1) is 0 Å². The van der Waals surface area contributed by atoms with Crippen LogP contribution in [0.25, 0.3) is 22.3 Å². The van der Waals surface area contributed by atoms with Crippen molar-refractivity contribution in [2.75, 3.05) is 101 Å². The summed E-state index contributed by atoms with van der Waals surface area (Å²) in [4.78, 5) is 154. The largest absolute Gasteiger partial charge is 0.480 e. The normalized spacial score (nSPS) is 12.4. The predicted octanol–water partition coefficient (Wildman–Crippen LogP) is 0.494. The third kappa shape index (κ3) is 26.3. The molecular formula is C60H78N16O19. The molecule has 14 N–H and O–H groups in total. The second kappa shape index (κ2) is 39.2. The number of rotatable bonds is 44. The number of nitrogens with one attached hydrogen (secondary N) is 8. The standard InChI is InChI=1S/C60H78N16O19/c1-3-5-47(79)94-34-42(95-48(80)6-4-2)33-93-41(31-91-25-23-89-21-19-63-45(77)17-15-43(57(85)86)71-53(81)35-7-11-37(12-8-35)65-27-39-29-67-51-49(69-39)55(83)75-59(61)73-51)32-92-26-24-90-22-20-64-46(78)18-16-44(58(87)88)72-54(82)36-9-13-38(14-10-36)66-28-40-30-68-52-50(70-40)56(84)76-60(62)74-52/h7-14,29-30,41-44,65-66H,3-6,15-28,31-34H2,1-2H3,(H,63,77)(H,64,78)(H,71,81)(H,72,82)(H,85,86)(H,87,88)(H3,61,67,73,75,83)(H3,62,68,74,76,84). The molecule has 0 spiro atoms. The van der Waals surface area contributed by atoms with Crippen LogP contribution in [0.1, 0.15) is 97.3 Å². The first-order valence-corrected chi connectivity index (χ1v) is 30.4. The first kappa shape index (κ1) is 73.7. The van der Waals surface area contributed by atoms with E-state index in [0.29, 0.717) is 35.6 Å². The zero-order valence-corrected chi connectivity index (χ0v) is 52.3. The summed E-state index contributed by atoms with van der Waals surface area (Å²) in [5.74, 6) is -6.08. The van der Waals surface area contributed by atoms with Crippen molar-refractivity contribution in [3.63, 3.8) is 0 Å². The number of hydrogen-bond donors (Lipinski definition) is 12. The fourth-order valence-electron chi connectivity index (χ4n) is 8.51. The number of carbonyl (C=O) groups is 8. The number of nitrogens with two attached hydrogens (primary N) is 2. The van der Waals surface area contributed by atoms with E-state index in [0.717, 1.165) is 0 Å². The number of carboxylic acids is 2. The van der Waals surface area contributed by atoms with E-state index in [1.54, 1.807) is 24.3 Å². The number of aliphatic carboxylic acids is 2. The Labute approximate surface area is 542 Å². The Morgan fingerprint density at radius 3 is 1.39 bits per heavy atom. The topological polar surface area (TPSA) is 509 Å². The molecule has 0 bridgehead atoms. The third-order valence-corrected chi connectivity index (χ3v) is 13.4. The molecule has 6 aromatic rings. The lowest BCUT2D eigenvalue weighted by Gasteiger charge is -2.23. The van der Waals surface area contributed by atoms with Crippen LogP contribution in [0.5, 0.6) is 0 Å². The maximum Gasteiger partial charge on any atom is 0.326 e. The molecule has 4 heterocycles. The molecule has 2 aromatic carbocycles. The molecule has 35 heteroatoms. The summed E-state index contributed by atoms with van der Waals surface area (Å²) in [5, 5.41) is 36.0. The smallest absolute Gasteiger partial charge is 0.326 e. The van der Waals surface area contributed by atoms with Crippen LogP contribution in [-0.2, 0) is 75.0 Å². The predicted molar refractivity (Wildman–Crippen MR) is 338 cm³/mol. The molecule has 0 saturated heterocycles. The van der Waals surface area contributed by atoms with Gasteiger partial charge in [0.15, 0.2) is 28.4 Å². The van der Waals surface area contributed by atoms with Crippen molar-refractivity contribution < 1.29 is 81.7 Å². The van der Waals surface area contributed by atoms with E-state index in [2.05, 4.69) is 71.8 Å². The van der Waals surface area contributed by atoms with Gasteiger partial charge in [0, 0.05) is 61.3 Å². The minimum atomic E-state index is -1.37. The number of aromatic nitrogens is 8. The highest BCUT2D eigenvalue weighted by molar-refractivity contribution is 5.98. The number of fused-ring (bicyclic) bond motifs is 2. The van der Waals surface area contributed by atoms with Crippen LogP contribution in [0.3, 0.4) is 0 Å². The van der Waals surface area contributed by atoms with Crippen LogP contribution in [0.4, 0.5) is 23.3 Å². The first-order valence-electron chi connectivity index (χ1n) is 30.4. The number of nitrogens with zero attached hydrogens (tertiary/aromatic N) is 6. The van der Waals surface area contributed by atoms with Gasteiger partial charge in [-0.2, -0.15) is 9.97 Å². The number of H-pyrrole nitrogens is 2. The number of benzene rings is 2. The van der Waals surface area contributed by atoms with Gasteiger partial charge >= 0.3 is 23.9 Å². The van der Waals surface area contributed by atoms with Crippen molar-refractivity contribution in [2.24, 2.45) is 0 Å². The van der Waals surface area contributed by atoms with Gasteiger partial charge in [-0.25, -0.2) is 29.5 Å². The highest BCUT2D eigenvalue weighted by Crippen LogP contribution is 2.15. The molecule has 0 fully saturated rings. The minimum absolute atomic E-state index is 0.0188. The average molecular weight is 1330 g/mol. The lowest BCUT2D eigenvalue weighted by Crippen LogP contribution is -2.41. The van der Waals surface area contributed by atoms with E-state index in [-0.39, 0.29) is 176 Å². The summed E-state index contributed by atoms with van der Waals surface area (Å²) in [6.45, 7) is 4.21. The number of hydrogen-bond acceptors (Lipinski definition) is 27. The lowest BCUT2D eigenvalue weighted by atomic mass is 10.1. The minimum Gasteiger partial charge on any atom is -0.480 e. The van der Waals surface area contributed by atoms with Gasteiger partial charge in [0.2, 0.25) is 23.7 Å². The van der Waals surface area contributed by atoms with Gasteiger partial charge in [-0.1, -0.05) is 13.8 Å². The maximum absolute atomic E-state index is 13.0. The van der Waals surface area contributed by atoms with Crippen LogP contribution < -0.4 is 54.5 Å². The Morgan fingerprint density at radius 2 is 0.958 bits per heavy atom. The number of carboxylic acid groups (broad SMARTS) is 2. The highest BCUT2D eigenvalue weighted by atomic mass is 16.6. The Balaban J connectivity index is 0.849. The third-order valence-electron chi connectivity index (χ3n) is 13.4. The van der Waals surface area contributed by atoms with Crippen molar-refractivity contribution in [1.82, 2.24) is 61.1 Å². The van der Waals surface area contributed by atoms with Crippen LogP contribution in [0.2, 0.25) is 0 Å². The second-order valence-corrected chi connectivity index (χ2v) is 21.0. The Kier molecular flexibility index (Phi) is 30.4. The second-order valence-electron chi connectivity index (χ2n) is 21.0. The number of nitrogen functional groups attached to an aromatic ring is 2. The summed E-state index contributed by atoms with van der Waals surface area (Å²) >= 11 is 0. The van der Waals surface area contributed by atoms with Crippen LogP contribution in [0.15, 0.2) is 70.5 Å². The average Bonchev–Trinajstić information content (AvgIpc) is 0.922. The highest BCUT2D eigenvalue weighted by Gasteiger charge is 2.25. The molecule has 4 amide bonds. The Bertz CT molecular complexity index is 3440. The molecule has 35 nitrogen and oxygen atoms in total. The quantitative estimate of drug-likeness (QED) is 0.0183. The lowest BCUT2D eigenvalue weighted by molar-refractivity contribution is -0.166. The molecule has 3 unspecified atom stereocenters. The molecule has 4 aromatic heterocycles. The van der Waals surface area contributed by atoms with Crippen molar-refractivity contribution in [1.29, 1.82) is 0 Å². The Morgan fingerprint density at radius 1 is 0.526 bits per heavy atom. The van der Waals surface area contributed by atoms with E-state index in [1.807, 2.05) is 13.8 Å². The summed E-state index contributed by atoms with van der Waals surface area (Å²) in [7, 11) is 0. The van der Waals surface area contributed by atoms with E-state index < -0.39 is 82.9 Å². The SMILES string of the molecule is CCCC(=O)OCC(COC(COCCOCCNC(=O)CCC(NC(=O)c1ccc(NCc2cnc3nc(N)[nH]c(=O)c3n2)cc1)C(=O)O)COCCOCCNC(=O)CCC(NC(=O)c1ccc(NCc2cnc3nc(N)[nH]c(=O)c3n2)cc1)C(=O)O)OC(=O)CCC. The van der Waals surface area contributed by atoms with Crippen LogP contribution in [-0.4, -0.2) is 201 Å². The molecule has 0 aliphatic heterocycles. The summed E-state index contributed by atoms with van der Waals surface area (Å²) < 4.78 is 39.7. The monoisotopic (exact) mass is 1330 g/mol. The fourth-order valence-corrected chi connectivity index (χ4v) is 8.51. The van der Waals surface area contributed by atoms with Crippen molar-refractivity contribution >= 4 is 93.1 Å². The van der Waals surface area contributed by atoms with Crippen molar-refractivity contribution in [3.05, 3.63) is 104 Å². The molecule has 512 valence electrons. The van der Waals surface area contributed by atoms with Gasteiger partial charge in [0.1, 0.15) is 24.8 Å². The van der Waals surface area contributed by atoms with E-state index in [1.165, 1.54) is 36.7 Å². The van der Waals surface area contributed by atoms with Gasteiger partial charge < -0.3 is 86.7 Å². The van der Waals surface area contributed by atoms with E-state index >= 15 is 0 Å². The number of ether oxygens (including phenoxy) is 7. The molecule has 0 aliphatic carbocycles. The number of anilines is 4. The van der Waals surface area contributed by atoms with Gasteiger partial charge in [-0.05, 0) is 74.2 Å². The molecule has 0 saturated carbocycles. The van der Waals surface area contributed by atoms with Gasteiger partial charge in [-0.3, -0.25) is 48.3 Å². The molecule has 3 atom stereocenters. The number of aromatic amines is 2. The zero-order chi connectivity index (χ0) is 68.5. The van der Waals surface area contributed by atoms with Crippen LogP contribution in [0, 0.1) is 0 Å². The summed E-state index contributed by atoms with van der Waals surface area (Å²) in [6, 6.07) is 9.58. The fraction of sp³-hybridized carbons (Fsp3) is 0.467. The van der Waals surface area contributed by atoms with Gasteiger partial charge in [0.05, 0.1) is 96.3 Å². The number of amides is 4. The molecular weight excluding hydrogens is 1250 g/mol. The van der Waals surface area contributed by atoms with Crippen LogP contribution >= 0.6 is 0 Å². The summed E-state index contributed by atoms with van der Waals surface area (Å²) in [5.41, 5.74) is 12.7. The zero-order valence-electron chi connectivity index (χ0n) is 52.3. The van der Waals surface area contributed by atoms with Crippen molar-refractivity contribution in [2.45, 2.75) is 103 Å². The molecule has 0 radical (unpaired) electrons. The Hall–Kier alpha value is -10.4. The summed E-state index contributed by atoms with van der Waals surface area (Å²) in [6.07, 6.45) is 1.78. The van der Waals surface area contributed by atoms with Crippen molar-refractivity contribution in [3.8, 4) is 0 Å². The molecule has 6 rings (SSSR count). The molecule has 95 heavy (non-hydrogen) atoms. The number of carbonyl (C=O) groups excluding carboxylic acids is 6. The first-order chi connectivity index (χ1) is 45.8. The van der Waals surface area contributed by atoms with E-state index in [4.69, 9.17) is 44.6 Å².